The third-order valence-corrected chi connectivity index (χ3v) is 3.63. The fourth-order valence-corrected chi connectivity index (χ4v) is 2.14. The molecule has 1 aromatic carbocycles. The van der Waals surface area contributed by atoms with E-state index in [1.807, 2.05) is 0 Å². The summed E-state index contributed by atoms with van der Waals surface area (Å²) in [7, 11) is 1.73. The number of benzene rings is 1. The van der Waals surface area contributed by atoms with Crippen LogP contribution in [-0.4, -0.2) is 39.3 Å². The fourth-order valence-electron chi connectivity index (χ4n) is 2.14. The van der Waals surface area contributed by atoms with Crippen LogP contribution < -0.4 is 10.6 Å². The maximum Gasteiger partial charge on any atom is 0.191 e. The lowest BCUT2D eigenvalue weighted by Gasteiger charge is -2.24. The summed E-state index contributed by atoms with van der Waals surface area (Å²) in [6.45, 7) is 11.9. The minimum absolute atomic E-state index is 0.0164. The monoisotopic (exact) mass is 305 g/mol. The zero-order chi connectivity index (χ0) is 16.4. The van der Waals surface area contributed by atoms with Gasteiger partial charge in [0.1, 0.15) is 0 Å². The van der Waals surface area contributed by atoms with Crippen molar-refractivity contribution in [1.82, 2.24) is 10.6 Å². The zero-order valence-electron chi connectivity index (χ0n) is 14.7. The molecule has 0 radical (unpaired) electrons. The molecule has 2 N–H and O–H groups in total. The van der Waals surface area contributed by atoms with E-state index >= 15 is 0 Å². The molecule has 22 heavy (non-hydrogen) atoms. The highest BCUT2D eigenvalue weighted by Gasteiger charge is 2.20. The van der Waals surface area contributed by atoms with E-state index in [-0.39, 0.29) is 5.41 Å². The average molecular weight is 305 g/mol. The molecule has 0 aliphatic carbocycles. The van der Waals surface area contributed by atoms with Crippen LogP contribution in [0.1, 0.15) is 38.3 Å². The Morgan fingerprint density at radius 3 is 2.45 bits per heavy atom. The Morgan fingerprint density at radius 1 is 1.18 bits per heavy atom. The summed E-state index contributed by atoms with van der Waals surface area (Å²) >= 11 is 0. The number of aliphatic imine (C=N–C) groups is 1. The normalized spacial score (nSPS) is 12.3. The van der Waals surface area contributed by atoms with E-state index in [0.717, 1.165) is 38.6 Å². The van der Waals surface area contributed by atoms with Gasteiger partial charge in [0.15, 0.2) is 5.96 Å². The van der Waals surface area contributed by atoms with E-state index in [1.165, 1.54) is 11.1 Å². The molecule has 124 valence electrons. The van der Waals surface area contributed by atoms with E-state index in [0.29, 0.717) is 0 Å². The van der Waals surface area contributed by atoms with Gasteiger partial charge in [0, 0.05) is 32.2 Å². The van der Waals surface area contributed by atoms with Gasteiger partial charge in [0.25, 0.3) is 0 Å². The fraction of sp³-hybridized carbons (Fsp3) is 0.611. The van der Waals surface area contributed by atoms with Crippen LogP contribution in [0.4, 0.5) is 0 Å². The lowest BCUT2D eigenvalue weighted by Crippen LogP contribution is -2.39. The number of nitrogens with zero attached hydrogens (tertiary/aromatic N) is 1. The molecule has 0 fully saturated rings. The first-order valence-corrected chi connectivity index (χ1v) is 8.08. The summed E-state index contributed by atoms with van der Waals surface area (Å²) < 4.78 is 5.07. The van der Waals surface area contributed by atoms with Gasteiger partial charge < -0.3 is 15.4 Å². The van der Waals surface area contributed by atoms with Crippen LogP contribution in [0.25, 0.3) is 0 Å². The van der Waals surface area contributed by atoms with Crippen molar-refractivity contribution in [3.05, 3.63) is 35.4 Å². The third-order valence-electron chi connectivity index (χ3n) is 3.63. The van der Waals surface area contributed by atoms with Crippen LogP contribution in [0.15, 0.2) is 29.3 Å². The summed E-state index contributed by atoms with van der Waals surface area (Å²) in [4.78, 5) is 4.74. The predicted molar refractivity (Wildman–Crippen MR) is 94.7 cm³/mol. The molecule has 0 heterocycles. The molecule has 0 bridgehead atoms. The Kier molecular flexibility index (Phi) is 7.96. The maximum atomic E-state index is 5.07. The van der Waals surface area contributed by atoms with Crippen molar-refractivity contribution in [3.8, 4) is 0 Å². The highest BCUT2D eigenvalue weighted by Crippen LogP contribution is 2.23. The van der Waals surface area contributed by atoms with Crippen LogP contribution in [0, 0.1) is 6.92 Å². The Labute approximate surface area is 135 Å². The number of methoxy groups -OCH3 is 1. The molecule has 0 aromatic heterocycles. The summed E-state index contributed by atoms with van der Waals surface area (Å²) in [5, 5.41) is 6.64. The van der Waals surface area contributed by atoms with E-state index < -0.39 is 0 Å². The van der Waals surface area contributed by atoms with E-state index in [2.05, 4.69) is 62.6 Å². The zero-order valence-corrected chi connectivity index (χ0v) is 14.7. The van der Waals surface area contributed by atoms with E-state index in [1.54, 1.807) is 7.11 Å². The molecule has 0 aliphatic heterocycles. The molecule has 0 saturated heterocycles. The SMILES string of the molecule is CCNC(=NCC(C)(C)c1ccc(C)cc1)NCCCOC. The van der Waals surface area contributed by atoms with Gasteiger partial charge >= 0.3 is 0 Å². The van der Waals surface area contributed by atoms with Crippen LogP contribution in [0.5, 0.6) is 0 Å². The van der Waals surface area contributed by atoms with Gasteiger partial charge in [0.2, 0.25) is 0 Å². The number of rotatable bonds is 8. The molecule has 4 nitrogen and oxygen atoms in total. The van der Waals surface area contributed by atoms with Crippen LogP contribution >= 0.6 is 0 Å². The Hall–Kier alpha value is -1.55. The Bertz CT molecular complexity index is 452. The molecular formula is C18H31N3O. The largest absolute Gasteiger partial charge is 0.385 e. The molecule has 0 spiro atoms. The number of nitrogens with one attached hydrogen (secondary N) is 2. The number of guanidine groups is 1. The van der Waals surface area contributed by atoms with Gasteiger partial charge in [-0.3, -0.25) is 4.99 Å². The lowest BCUT2D eigenvalue weighted by molar-refractivity contribution is 0.195. The van der Waals surface area contributed by atoms with E-state index in [4.69, 9.17) is 9.73 Å². The topological polar surface area (TPSA) is 45.7 Å². The molecule has 1 aromatic rings. The van der Waals surface area contributed by atoms with Crippen LogP contribution in [0.2, 0.25) is 0 Å². The molecule has 0 unspecified atom stereocenters. The van der Waals surface area contributed by atoms with Gasteiger partial charge in [0.05, 0.1) is 6.54 Å². The smallest absolute Gasteiger partial charge is 0.191 e. The van der Waals surface area contributed by atoms with Crippen molar-refractivity contribution in [3.63, 3.8) is 0 Å². The summed E-state index contributed by atoms with van der Waals surface area (Å²) in [6, 6.07) is 8.72. The lowest BCUT2D eigenvalue weighted by atomic mass is 9.84. The first-order chi connectivity index (χ1) is 10.5. The van der Waals surface area contributed by atoms with Gasteiger partial charge in [-0.25, -0.2) is 0 Å². The first-order valence-electron chi connectivity index (χ1n) is 8.08. The average Bonchev–Trinajstić information content (AvgIpc) is 2.49. The number of ether oxygens (including phenoxy) is 1. The van der Waals surface area contributed by atoms with Crippen LogP contribution in [-0.2, 0) is 10.2 Å². The molecule has 4 heteroatoms. The standard InChI is InChI=1S/C18H31N3O/c1-6-19-17(20-12-7-13-22-5)21-14-18(3,4)16-10-8-15(2)9-11-16/h8-11H,6-7,12-14H2,1-5H3,(H2,19,20,21). The maximum absolute atomic E-state index is 5.07. The van der Waals surface area contributed by atoms with E-state index in [9.17, 15) is 0 Å². The van der Waals surface area contributed by atoms with Crippen molar-refractivity contribution >= 4 is 5.96 Å². The number of hydrogen-bond donors (Lipinski definition) is 2. The second-order valence-corrected chi connectivity index (χ2v) is 6.22. The molecular weight excluding hydrogens is 274 g/mol. The predicted octanol–water partition coefficient (Wildman–Crippen LogP) is 2.86. The van der Waals surface area contributed by atoms with Crippen molar-refractivity contribution in [2.45, 2.75) is 39.5 Å². The quantitative estimate of drug-likeness (QED) is 0.441. The molecule has 0 aliphatic rings. The Morgan fingerprint density at radius 2 is 1.86 bits per heavy atom. The summed E-state index contributed by atoms with van der Waals surface area (Å²) in [5.74, 6) is 0.874. The molecule has 1 rings (SSSR count). The highest BCUT2D eigenvalue weighted by molar-refractivity contribution is 5.79. The van der Waals surface area contributed by atoms with Gasteiger partial charge in [-0.15, -0.1) is 0 Å². The van der Waals surface area contributed by atoms with Gasteiger partial charge in [-0.05, 0) is 25.8 Å². The molecule has 0 saturated carbocycles. The third kappa shape index (κ3) is 6.48. The first kappa shape index (κ1) is 18.5. The minimum Gasteiger partial charge on any atom is -0.385 e. The molecule has 0 amide bonds. The Balaban J connectivity index is 2.64. The number of aryl methyl sites for hydroxylation is 1. The van der Waals surface area contributed by atoms with Crippen molar-refractivity contribution in [1.29, 1.82) is 0 Å². The van der Waals surface area contributed by atoms with Gasteiger partial charge in [-0.2, -0.15) is 0 Å². The molecule has 0 atom stereocenters. The highest BCUT2D eigenvalue weighted by atomic mass is 16.5. The van der Waals surface area contributed by atoms with Crippen molar-refractivity contribution in [2.24, 2.45) is 4.99 Å². The van der Waals surface area contributed by atoms with Gasteiger partial charge in [-0.1, -0.05) is 43.7 Å². The number of hydrogen-bond acceptors (Lipinski definition) is 2. The second kappa shape index (κ2) is 9.46. The van der Waals surface area contributed by atoms with Crippen molar-refractivity contribution < 1.29 is 4.74 Å². The minimum atomic E-state index is 0.0164. The van der Waals surface area contributed by atoms with Crippen LogP contribution in [0.3, 0.4) is 0 Å². The summed E-state index contributed by atoms with van der Waals surface area (Å²) in [6.07, 6.45) is 0.974. The van der Waals surface area contributed by atoms with Crippen molar-refractivity contribution in [2.75, 3.05) is 33.4 Å². The second-order valence-electron chi connectivity index (χ2n) is 6.22. The summed E-state index contributed by atoms with van der Waals surface area (Å²) in [5.41, 5.74) is 2.62.